The topological polar surface area (TPSA) is 114 Å². The largest absolute Gasteiger partial charge is 0.480 e. The van der Waals surface area contributed by atoms with Crippen LogP contribution in [0.15, 0.2) is 4.99 Å². The van der Waals surface area contributed by atoms with Gasteiger partial charge in [0.15, 0.2) is 5.96 Å². The van der Waals surface area contributed by atoms with E-state index in [4.69, 9.17) is 16.6 Å². The lowest BCUT2D eigenvalue weighted by Gasteiger charge is -2.09. The second kappa shape index (κ2) is 8.05. The van der Waals surface area contributed by atoms with E-state index in [1.165, 1.54) is 0 Å². The van der Waals surface area contributed by atoms with Gasteiger partial charge in [0, 0.05) is 6.54 Å². The van der Waals surface area contributed by atoms with Crippen LogP contribution in [0.25, 0.3) is 0 Å². The number of nitrogens with zero attached hydrogens (tertiary/aromatic N) is 1. The molecule has 0 radical (unpaired) electrons. The molecule has 0 saturated carbocycles. The van der Waals surface area contributed by atoms with Crippen molar-refractivity contribution in [2.45, 2.75) is 31.7 Å². The Morgan fingerprint density at radius 1 is 1.40 bits per heavy atom. The zero-order valence-corrected chi connectivity index (χ0v) is 9.07. The summed E-state index contributed by atoms with van der Waals surface area (Å²) in [6.07, 6.45) is 3.31. The maximum Gasteiger partial charge on any atom is 0.320 e. The van der Waals surface area contributed by atoms with Crippen molar-refractivity contribution in [2.75, 3.05) is 13.6 Å². The van der Waals surface area contributed by atoms with E-state index in [0.29, 0.717) is 13.0 Å². The first-order valence-electron chi connectivity index (χ1n) is 5.03. The predicted molar refractivity (Wildman–Crippen MR) is 59.6 cm³/mol. The van der Waals surface area contributed by atoms with Crippen LogP contribution < -0.4 is 16.8 Å². The second-order valence-corrected chi connectivity index (χ2v) is 3.34. The quantitative estimate of drug-likeness (QED) is 0.248. The van der Waals surface area contributed by atoms with Gasteiger partial charge in [-0.05, 0) is 19.9 Å². The molecule has 0 fully saturated rings. The van der Waals surface area contributed by atoms with Crippen LogP contribution >= 0.6 is 0 Å². The van der Waals surface area contributed by atoms with Gasteiger partial charge in [-0.3, -0.25) is 9.79 Å². The van der Waals surface area contributed by atoms with Gasteiger partial charge in [0.2, 0.25) is 0 Å². The van der Waals surface area contributed by atoms with Crippen molar-refractivity contribution in [3.63, 3.8) is 0 Å². The summed E-state index contributed by atoms with van der Waals surface area (Å²) < 4.78 is 0. The molecule has 0 aromatic carbocycles. The van der Waals surface area contributed by atoms with E-state index in [0.717, 1.165) is 19.3 Å². The van der Waals surface area contributed by atoms with E-state index in [1.54, 1.807) is 7.05 Å². The number of aliphatic carboxylic acids is 1. The van der Waals surface area contributed by atoms with Crippen LogP contribution in [0.2, 0.25) is 0 Å². The molecule has 15 heavy (non-hydrogen) atoms. The number of guanidine groups is 1. The molecule has 0 saturated heterocycles. The standard InChI is InChI=1S/C9H20N4O2/c1-12-7(8(14)15)5-3-2-4-6-13-9(10)11/h7,12H,2-6H2,1H3,(H,14,15)(H4,10,11,13). The molecule has 0 aliphatic carbocycles. The Morgan fingerprint density at radius 2 is 2.07 bits per heavy atom. The van der Waals surface area contributed by atoms with Gasteiger partial charge in [-0.1, -0.05) is 12.8 Å². The first kappa shape index (κ1) is 13.7. The Balaban J connectivity index is 3.45. The van der Waals surface area contributed by atoms with Crippen LogP contribution in [-0.2, 0) is 4.79 Å². The van der Waals surface area contributed by atoms with Crippen molar-refractivity contribution in [1.29, 1.82) is 0 Å². The molecular formula is C9H20N4O2. The number of carboxylic acid groups (broad SMARTS) is 1. The maximum atomic E-state index is 10.6. The molecule has 0 amide bonds. The fourth-order valence-electron chi connectivity index (χ4n) is 1.24. The molecule has 0 bridgehead atoms. The summed E-state index contributed by atoms with van der Waals surface area (Å²) >= 11 is 0. The molecule has 1 atom stereocenters. The highest BCUT2D eigenvalue weighted by molar-refractivity contribution is 5.75. The van der Waals surface area contributed by atoms with Crippen molar-refractivity contribution in [2.24, 2.45) is 16.5 Å². The Bertz CT molecular complexity index is 214. The number of aliphatic imine (C=N–C) groups is 1. The monoisotopic (exact) mass is 216 g/mol. The van der Waals surface area contributed by atoms with Crippen LogP contribution in [0.3, 0.4) is 0 Å². The molecule has 0 aliphatic heterocycles. The molecule has 0 rings (SSSR count). The summed E-state index contributed by atoms with van der Waals surface area (Å²) in [5.41, 5.74) is 10.3. The fourth-order valence-corrected chi connectivity index (χ4v) is 1.24. The molecule has 6 N–H and O–H groups in total. The van der Waals surface area contributed by atoms with E-state index < -0.39 is 12.0 Å². The highest BCUT2D eigenvalue weighted by atomic mass is 16.4. The van der Waals surface area contributed by atoms with Crippen molar-refractivity contribution < 1.29 is 9.90 Å². The first-order chi connectivity index (χ1) is 7.07. The van der Waals surface area contributed by atoms with Crippen molar-refractivity contribution in [3.05, 3.63) is 0 Å². The smallest absolute Gasteiger partial charge is 0.320 e. The first-order valence-corrected chi connectivity index (χ1v) is 5.03. The van der Waals surface area contributed by atoms with Crippen LogP contribution in [0.5, 0.6) is 0 Å². The minimum Gasteiger partial charge on any atom is -0.480 e. The number of hydrogen-bond acceptors (Lipinski definition) is 3. The van der Waals surface area contributed by atoms with E-state index in [-0.39, 0.29) is 5.96 Å². The highest BCUT2D eigenvalue weighted by Gasteiger charge is 2.13. The summed E-state index contributed by atoms with van der Waals surface area (Å²) in [6.45, 7) is 0.611. The number of nitrogens with two attached hydrogens (primary N) is 2. The van der Waals surface area contributed by atoms with Gasteiger partial charge in [0.1, 0.15) is 6.04 Å². The Kier molecular flexibility index (Phi) is 7.35. The van der Waals surface area contributed by atoms with Gasteiger partial charge in [0.25, 0.3) is 0 Å². The highest BCUT2D eigenvalue weighted by Crippen LogP contribution is 2.03. The molecular weight excluding hydrogens is 196 g/mol. The average Bonchev–Trinajstić information content (AvgIpc) is 2.15. The van der Waals surface area contributed by atoms with E-state index in [9.17, 15) is 4.79 Å². The van der Waals surface area contributed by atoms with Crippen molar-refractivity contribution in [3.8, 4) is 0 Å². The van der Waals surface area contributed by atoms with Crippen LogP contribution in [-0.4, -0.2) is 36.7 Å². The lowest BCUT2D eigenvalue weighted by molar-refractivity contribution is -0.139. The minimum absolute atomic E-state index is 0.105. The van der Waals surface area contributed by atoms with Crippen LogP contribution in [0.1, 0.15) is 25.7 Å². The van der Waals surface area contributed by atoms with Gasteiger partial charge in [-0.25, -0.2) is 0 Å². The number of nitrogens with one attached hydrogen (secondary N) is 1. The maximum absolute atomic E-state index is 10.6. The molecule has 88 valence electrons. The second-order valence-electron chi connectivity index (χ2n) is 3.34. The van der Waals surface area contributed by atoms with Crippen molar-refractivity contribution in [1.82, 2.24) is 5.32 Å². The lowest BCUT2D eigenvalue weighted by atomic mass is 10.1. The Morgan fingerprint density at radius 3 is 2.53 bits per heavy atom. The van der Waals surface area contributed by atoms with E-state index >= 15 is 0 Å². The Hall–Kier alpha value is -1.30. The van der Waals surface area contributed by atoms with Crippen LogP contribution in [0.4, 0.5) is 0 Å². The van der Waals surface area contributed by atoms with Gasteiger partial charge in [-0.2, -0.15) is 0 Å². The van der Waals surface area contributed by atoms with Gasteiger partial charge in [0.05, 0.1) is 0 Å². The minimum atomic E-state index is -0.804. The zero-order chi connectivity index (χ0) is 11.7. The SMILES string of the molecule is CNC(CCCCCN=C(N)N)C(=O)O. The molecule has 6 nitrogen and oxygen atoms in total. The molecule has 0 heterocycles. The summed E-state index contributed by atoms with van der Waals surface area (Å²) in [5, 5.41) is 11.5. The summed E-state index contributed by atoms with van der Waals surface area (Å²) in [7, 11) is 1.65. The number of unbranched alkanes of at least 4 members (excludes halogenated alkanes) is 2. The van der Waals surface area contributed by atoms with E-state index in [1.807, 2.05) is 0 Å². The number of carbonyl (C=O) groups is 1. The molecule has 1 unspecified atom stereocenters. The third-order valence-electron chi connectivity index (χ3n) is 2.09. The molecule has 6 heteroatoms. The Labute approximate surface area is 89.7 Å². The number of carboxylic acids is 1. The normalized spacial score (nSPS) is 12.1. The molecule has 0 spiro atoms. The predicted octanol–water partition coefficient (Wildman–Crippen LogP) is -0.507. The average molecular weight is 216 g/mol. The summed E-state index contributed by atoms with van der Waals surface area (Å²) in [6, 6.07) is -0.451. The van der Waals surface area contributed by atoms with Crippen molar-refractivity contribution >= 4 is 11.9 Å². The number of likely N-dealkylation sites (N-methyl/N-ethyl adjacent to an activating group) is 1. The van der Waals surface area contributed by atoms with Gasteiger partial charge in [-0.15, -0.1) is 0 Å². The fraction of sp³-hybridized carbons (Fsp3) is 0.778. The van der Waals surface area contributed by atoms with Crippen LogP contribution in [0, 0.1) is 0 Å². The van der Waals surface area contributed by atoms with Gasteiger partial charge < -0.3 is 21.9 Å². The zero-order valence-electron chi connectivity index (χ0n) is 9.07. The summed E-state index contributed by atoms with van der Waals surface area (Å²) in [4.78, 5) is 14.5. The van der Waals surface area contributed by atoms with E-state index in [2.05, 4.69) is 10.3 Å². The molecule has 0 aromatic heterocycles. The third kappa shape index (κ3) is 7.75. The number of hydrogen-bond donors (Lipinski definition) is 4. The molecule has 0 aliphatic rings. The third-order valence-corrected chi connectivity index (χ3v) is 2.09. The molecule has 0 aromatic rings. The number of rotatable bonds is 8. The van der Waals surface area contributed by atoms with Gasteiger partial charge >= 0.3 is 5.97 Å². The lowest BCUT2D eigenvalue weighted by Crippen LogP contribution is -2.33. The summed E-state index contributed by atoms with van der Waals surface area (Å²) in [5.74, 6) is -0.699.